The number of hydrogen-bond acceptors (Lipinski definition) is 2. The summed E-state index contributed by atoms with van der Waals surface area (Å²) in [4.78, 5) is 11.6. The molecule has 0 aliphatic carbocycles. The minimum atomic E-state index is 0.177. The van der Waals surface area contributed by atoms with Gasteiger partial charge in [0.2, 0.25) is 0 Å². The Morgan fingerprint density at radius 3 is 2.47 bits per heavy atom. The van der Waals surface area contributed by atoms with Gasteiger partial charge in [-0.05, 0) is 12.8 Å². The van der Waals surface area contributed by atoms with Crippen LogP contribution < -0.4 is 0 Å². The first-order valence-electron chi connectivity index (χ1n) is 6.24. The molecule has 0 aromatic heterocycles. The maximum absolute atomic E-state index is 11.6. The van der Waals surface area contributed by atoms with Gasteiger partial charge in [0.1, 0.15) is 5.78 Å². The molecule has 0 fully saturated rings. The quantitative estimate of drug-likeness (QED) is 0.519. The van der Waals surface area contributed by atoms with Gasteiger partial charge < -0.3 is 4.74 Å². The van der Waals surface area contributed by atoms with Crippen LogP contribution in [-0.4, -0.2) is 19.5 Å². The van der Waals surface area contributed by atoms with Crippen molar-refractivity contribution in [1.82, 2.24) is 0 Å². The highest BCUT2D eigenvalue weighted by Crippen LogP contribution is 2.11. The Morgan fingerprint density at radius 1 is 1.20 bits per heavy atom. The highest BCUT2D eigenvalue weighted by Gasteiger charge is 2.11. The molecule has 0 N–H and O–H groups in total. The second-order valence-corrected chi connectivity index (χ2v) is 4.31. The van der Waals surface area contributed by atoms with Gasteiger partial charge in [0.15, 0.2) is 0 Å². The molecule has 15 heavy (non-hydrogen) atoms. The van der Waals surface area contributed by atoms with Gasteiger partial charge in [0.05, 0.1) is 0 Å². The third kappa shape index (κ3) is 8.61. The molecule has 0 heterocycles. The summed E-state index contributed by atoms with van der Waals surface area (Å²) in [6.45, 7) is 4.91. The zero-order valence-corrected chi connectivity index (χ0v) is 10.6. The maximum atomic E-state index is 11.6. The molecular formula is C13H26O2. The summed E-state index contributed by atoms with van der Waals surface area (Å²) < 4.78 is 4.97. The Kier molecular flexibility index (Phi) is 9.91. The van der Waals surface area contributed by atoms with E-state index in [4.69, 9.17) is 4.74 Å². The number of hydrogen-bond donors (Lipinski definition) is 0. The highest BCUT2D eigenvalue weighted by atomic mass is 16.5. The normalized spacial score (nSPS) is 12.7. The minimum absolute atomic E-state index is 0.177. The van der Waals surface area contributed by atoms with Crippen LogP contribution in [0.2, 0.25) is 0 Å². The fourth-order valence-electron chi connectivity index (χ4n) is 1.60. The summed E-state index contributed by atoms with van der Waals surface area (Å²) in [5, 5.41) is 0. The molecule has 0 aliphatic heterocycles. The Bertz CT molecular complexity index is 155. The first kappa shape index (κ1) is 14.6. The number of carbonyl (C=O) groups excluding carboxylic acids is 1. The van der Waals surface area contributed by atoms with E-state index in [0.717, 1.165) is 19.3 Å². The van der Waals surface area contributed by atoms with Gasteiger partial charge >= 0.3 is 0 Å². The summed E-state index contributed by atoms with van der Waals surface area (Å²) in [5.74, 6) is 0.583. The number of rotatable bonds is 10. The van der Waals surface area contributed by atoms with Crippen LogP contribution in [0.15, 0.2) is 0 Å². The predicted molar refractivity (Wildman–Crippen MR) is 64.0 cm³/mol. The summed E-state index contributed by atoms with van der Waals surface area (Å²) in [5.41, 5.74) is 0. The monoisotopic (exact) mass is 214 g/mol. The molecule has 0 spiro atoms. The molecule has 0 aliphatic rings. The first-order valence-corrected chi connectivity index (χ1v) is 6.24. The second kappa shape index (κ2) is 10.2. The molecule has 0 aromatic carbocycles. The number of ether oxygens (including phenoxy) is 1. The topological polar surface area (TPSA) is 26.3 Å². The lowest BCUT2D eigenvalue weighted by molar-refractivity contribution is -0.123. The van der Waals surface area contributed by atoms with Crippen molar-refractivity contribution in [1.29, 1.82) is 0 Å². The van der Waals surface area contributed by atoms with Crippen molar-refractivity contribution in [2.24, 2.45) is 5.92 Å². The van der Waals surface area contributed by atoms with E-state index in [1.807, 2.05) is 6.92 Å². The van der Waals surface area contributed by atoms with Crippen molar-refractivity contribution in [3.63, 3.8) is 0 Å². The van der Waals surface area contributed by atoms with Crippen molar-refractivity contribution in [2.75, 3.05) is 13.7 Å². The van der Waals surface area contributed by atoms with Crippen molar-refractivity contribution in [3.8, 4) is 0 Å². The number of unbranched alkanes of at least 4 members (excludes halogenated alkanes) is 4. The van der Waals surface area contributed by atoms with Gasteiger partial charge in [0, 0.05) is 26.1 Å². The molecule has 0 amide bonds. The van der Waals surface area contributed by atoms with Crippen LogP contribution in [-0.2, 0) is 9.53 Å². The van der Waals surface area contributed by atoms with Crippen molar-refractivity contribution >= 4 is 5.78 Å². The van der Waals surface area contributed by atoms with E-state index in [2.05, 4.69) is 6.92 Å². The van der Waals surface area contributed by atoms with Gasteiger partial charge in [0.25, 0.3) is 0 Å². The molecule has 1 unspecified atom stereocenters. The predicted octanol–water partition coefficient (Wildman–Crippen LogP) is 3.59. The fraction of sp³-hybridized carbons (Fsp3) is 0.923. The van der Waals surface area contributed by atoms with E-state index < -0.39 is 0 Å². The number of methoxy groups -OCH3 is 1. The zero-order chi connectivity index (χ0) is 11.5. The van der Waals surface area contributed by atoms with Crippen LogP contribution in [0.25, 0.3) is 0 Å². The molecule has 0 rings (SSSR count). The van der Waals surface area contributed by atoms with E-state index in [1.165, 1.54) is 25.7 Å². The molecule has 0 bridgehead atoms. The van der Waals surface area contributed by atoms with Gasteiger partial charge in [-0.15, -0.1) is 0 Å². The van der Waals surface area contributed by atoms with E-state index >= 15 is 0 Å². The van der Waals surface area contributed by atoms with Crippen LogP contribution in [0, 0.1) is 5.92 Å². The lowest BCUT2D eigenvalue weighted by atomic mass is 9.98. The molecule has 1 atom stereocenters. The van der Waals surface area contributed by atoms with Crippen molar-refractivity contribution in [2.45, 2.75) is 58.8 Å². The van der Waals surface area contributed by atoms with Gasteiger partial charge in [-0.2, -0.15) is 0 Å². The van der Waals surface area contributed by atoms with Crippen LogP contribution >= 0.6 is 0 Å². The van der Waals surface area contributed by atoms with Crippen LogP contribution in [0.3, 0.4) is 0 Å². The minimum Gasteiger partial charge on any atom is -0.385 e. The molecular weight excluding hydrogens is 188 g/mol. The smallest absolute Gasteiger partial charge is 0.135 e. The molecule has 0 saturated carbocycles. The van der Waals surface area contributed by atoms with Crippen LogP contribution in [0.1, 0.15) is 58.8 Å². The Morgan fingerprint density at radius 2 is 1.87 bits per heavy atom. The Balaban J connectivity index is 3.38. The van der Waals surface area contributed by atoms with Crippen molar-refractivity contribution < 1.29 is 9.53 Å². The third-order valence-corrected chi connectivity index (χ3v) is 2.83. The summed E-state index contributed by atoms with van der Waals surface area (Å²) in [6.07, 6.45) is 7.73. The number of carbonyl (C=O) groups is 1. The Labute approximate surface area is 94.4 Å². The summed E-state index contributed by atoms with van der Waals surface area (Å²) in [7, 11) is 1.68. The second-order valence-electron chi connectivity index (χ2n) is 4.31. The van der Waals surface area contributed by atoms with Crippen molar-refractivity contribution in [3.05, 3.63) is 0 Å². The van der Waals surface area contributed by atoms with E-state index in [9.17, 15) is 4.79 Å². The first-order chi connectivity index (χ1) is 7.22. The number of ketones is 1. The summed E-state index contributed by atoms with van der Waals surface area (Å²) in [6, 6.07) is 0. The number of Topliss-reactive ketones (excluding diaryl/α,β-unsaturated/α-hetero) is 1. The molecule has 2 nitrogen and oxygen atoms in total. The van der Waals surface area contributed by atoms with Crippen LogP contribution in [0.5, 0.6) is 0 Å². The van der Waals surface area contributed by atoms with Gasteiger partial charge in [-0.3, -0.25) is 4.79 Å². The van der Waals surface area contributed by atoms with E-state index in [-0.39, 0.29) is 5.92 Å². The van der Waals surface area contributed by atoms with E-state index in [1.54, 1.807) is 7.11 Å². The standard InChI is InChI=1S/C13H26O2/c1-4-5-6-7-8-9-13(14)12(2)10-11-15-3/h12H,4-11H2,1-3H3. The SMILES string of the molecule is CCCCCCCC(=O)C(C)CCOC. The maximum Gasteiger partial charge on any atom is 0.135 e. The zero-order valence-electron chi connectivity index (χ0n) is 10.6. The van der Waals surface area contributed by atoms with Gasteiger partial charge in [-0.25, -0.2) is 0 Å². The molecule has 2 heteroatoms. The Hall–Kier alpha value is -0.370. The molecule has 0 radical (unpaired) electrons. The summed E-state index contributed by atoms with van der Waals surface area (Å²) >= 11 is 0. The lowest BCUT2D eigenvalue weighted by Gasteiger charge is -2.09. The highest BCUT2D eigenvalue weighted by molar-refractivity contribution is 5.80. The molecule has 0 saturated heterocycles. The third-order valence-electron chi connectivity index (χ3n) is 2.83. The van der Waals surface area contributed by atoms with E-state index in [0.29, 0.717) is 12.4 Å². The van der Waals surface area contributed by atoms with Crippen LogP contribution in [0.4, 0.5) is 0 Å². The van der Waals surface area contributed by atoms with Gasteiger partial charge in [-0.1, -0.05) is 39.5 Å². The largest absolute Gasteiger partial charge is 0.385 e. The molecule has 90 valence electrons. The lowest BCUT2D eigenvalue weighted by Crippen LogP contribution is -2.12. The fourth-order valence-corrected chi connectivity index (χ4v) is 1.60. The average Bonchev–Trinajstić information content (AvgIpc) is 2.25. The molecule has 0 aromatic rings. The average molecular weight is 214 g/mol.